The fraction of sp³-hybridized carbons (Fsp3) is 0.738. The van der Waals surface area contributed by atoms with Crippen molar-refractivity contribution < 1.29 is 28.8 Å². The fourth-order valence-corrected chi connectivity index (χ4v) is 13.1. The highest BCUT2D eigenvalue weighted by Crippen LogP contribution is 2.77. The van der Waals surface area contributed by atoms with Crippen molar-refractivity contribution in [3.63, 3.8) is 0 Å². The first kappa shape index (κ1) is 35.4. The number of hydrogen-bond donors (Lipinski definition) is 1. The molecular weight excluding hydrogens is 600 g/mol. The summed E-state index contributed by atoms with van der Waals surface area (Å²) in [6, 6.07) is 3.66. The van der Waals surface area contributed by atoms with Gasteiger partial charge in [-0.2, -0.15) is 0 Å². The number of hydrogen-bond acceptors (Lipinski definition) is 6. The smallest absolute Gasteiger partial charge is 0.330 e. The molecule has 6 nitrogen and oxygen atoms in total. The molecule has 6 rings (SSSR count). The van der Waals surface area contributed by atoms with Crippen LogP contribution in [0.25, 0.3) is 6.08 Å². The number of aliphatic hydroxyl groups is 1. The van der Waals surface area contributed by atoms with Crippen molar-refractivity contribution in [2.24, 2.45) is 56.7 Å². The van der Waals surface area contributed by atoms with Gasteiger partial charge in [0.2, 0.25) is 5.75 Å². The van der Waals surface area contributed by atoms with E-state index in [1.54, 1.807) is 27.4 Å². The van der Waals surface area contributed by atoms with E-state index in [1.807, 2.05) is 12.1 Å². The number of carbonyl (C=O) groups excluding carboxylic acids is 1. The van der Waals surface area contributed by atoms with Gasteiger partial charge in [-0.1, -0.05) is 46.8 Å². The Morgan fingerprint density at radius 1 is 0.854 bits per heavy atom. The number of rotatable bonds is 8. The summed E-state index contributed by atoms with van der Waals surface area (Å²) in [5.74, 6) is 4.08. The lowest BCUT2D eigenvalue weighted by molar-refractivity contribution is -0.249. The van der Waals surface area contributed by atoms with Crippen LogP contribution in [0.4, 0.5) is 0 Å². The maximum absolute atomic E-state index is 13.3. The molecule has 0 spiro atoms. The van der Waals surface area contributed by atoms with E-state index in [-0.39, 0.29) is 39.1 Å². The largest absolute Gasteiger partial charge is 0.493 e. The standard InChI is InChI=1S/C42H62O6/c1-26(2)28-15-20-42(25-48-35(44)14-11-27-23-30(45-8)37(47-10)31(24-27)46-9)22-21-40(6)29(36(28)42)12-13-33-39(5)18-17-34(43)38(3,4)32(39)16-19-41(33,40)7/h11,14,23-24,28-29,32-34,36,43H,1,12-13,15-22,25H2,2-10H3/b14-11+/t28-,29+,32-,33?,34-,36+,39-,40+,41+,42+/m0/s1. The van der Waals surface area contributed by atoms with E-state index in [1.165, 1.54) is 43.8 Å². The molecule has 5 fully saturated rings. The number of fused-ring (bicyclic) bond motifs is 7. The van der Waals surface area contributed by atoms with Crippen molar-refractivity contribution in [3.05, 3.63) is 35.9 Å². The van der Waals surface area contributed by atoms with E-state index in [4.69, 9.17) is 18.9 Å². The Morgan fingerprint density at radius 2 is 1.54 bits per heavy atom. The highest BCUT2D eigenvalue weighted by molar-refractivity contribution is 5.87. The SMILES string of the molecule is C=C(C)[C@@H]1CC[C@]2(COC(=O)/C=C/c3cc(OC)c(OC)c(OC)c3)CC[C@]3(C)[C@H](CCC4[C@@]5(C)CC[C@H](O)C(C)(C)[C@@H]5CC[C@]43C)[C@@H]12. The normalized spacial score (nSPS) is 41.4. The predicted molar refractivity (Wildman–Crippen MR) is 191 cm³/mol. The molecule has 0 bridgehead atoms. The molecule has 0 radical (unpaired) electrons. The number of ether oxygens (including phenoxy) is 4. The summed E-state index contributed by atoms with van der Waals surface area (Å²) < 4.78 is 22.6. The van der Waals surface area contributed by atoms with Gasteiger partial charge in [0.25, 0.3) is 0 Å². The molecule has 0 aromatic heterocycles. The van der Waals surface area contributed by atoms with Gasteiger partial charge in [0.1, 0.15) is 0 Å². The summed E-state index contributed by atoms with van der Waals surface area (Å²) in [4.78, 5) is 13.3. The van der Waals surface area contributed by atoms with Crippen molar-refractivity contribution in [1.82, 2.24) is 0 Å². The molecule has 0 aliphatic heterocycles. The Labute approximate surface area is 290 Å². The van der Waals surface area contributed by atoms with Gasteiger partial charge < -0.3 is 24.1 Å². The van der Waals surface area contributed by atoms with Gasteiger partial charge >= 0.3 is 5.97 Å². The van der Waals surface area contributed by atoms with Gasteiger partial charge in [0.05, 0.1) is 34.0 Å². The third-order valence-electron chi connectivity index (χ3n) is 15.8. The van der Waals surface area contributed by atoms with Crippen LogP contribution >= 0.6 is 0 Å². The first-order chi connectivity index (χ1) is 22.6. The zero-order valence-electron chi connectivity index (χ0n) is 31.2. The number of benzene rings is 1. The summed E-state index contributed by atoms with van der Waals surface area (Å²) >= 11 is 0. The third-order valence-corrected chi connectivity index (χ3v) is 15.8. The highest BCUT2D eigenvalue weighted by Gasteiger charge is 2.71. The van der Waals surface area contributed by atoms with E-state index < -0.39 is 0 Å². The zero-order valence-corrected chi connectivity index (χ0v) is 31.2. The quantitative estimate of drug-likeness (QED) is 0.170. The molecule has 266 valence electrons. The van der Waals surface area contributed by atoms with Crippen molar-refractivity contribution >= 4 is 12.0 Å². The Morgan fingerprint density at radius 3 is 2.17 bits per heavy atom. The van der Waals surface area contributed by atoms with Gasteiger partial charge in [-0.3, -0.25) is 0 Å². The summed E-state index contributed by atoms with van der Waals surface area (Å²) in [6.07, 6.45) is 14.7. The molecule has 48 heavy (non-hydrogen) atoms. The van der Waals surface area contributed by atoms with Crippen molar-refractivity contribution in [2.75, 3.05) is 27.9 Å². The van der Waals surface area contributed by atoms with E-state index in [9.17, 15) is 9.90 Å². The van der Waals surface area contributed by atoms with Gasteiger partial charge in [0.15, 0.2) is 11.5 Å². The monoisotopic (exact) mass is 662 g/mol. The Kier molecular flexibility index (Phi) is 9.13. The molecule has 5 aliphatic rings. The van der Waals surface area contributed by atoms with Crippen molar-refractivity contribution in [2.45, 2.75) is 112 Å². The van der Waals surface area contributed by atoms with Crippen LogP contribution in [0.3, 0.4) is 0 Å². The second-order valence-corrected chi connectivity index (χ2v) is 17.8. The average Bonchev–Trinajstić information content (AvgIpc) is 3.44. The fourth-order valence-electron chi connectivity index (χ4n) is 13.1. The van der Waals surface area contributed by atoms with Crippen molar-refractivity contribution in [3.8, 4) is 17.2 Å². The van der Waals surface area contributed by atoms with Crippen LogP contribution in [0.5, 0.6) is 17.2 Å². The van der Waals surface area contributed by atoms with Crippen LogP contribution in [0.2, 0.25) is 0 Å². The molecule has 1 aromatic carbocycles. The van der Waals surface area contributed by atoms with E-state index in [0.717, 1.165) is 37.7 Å². The summed E-state index contributed by atoms with van der Waals surface area (Å²) in [7, 11) is 4.75. The second kappa shape index (κ2) is 12.4. The lowest BCUT2D eigenvalue weighted by Gasteiger charge is -2.73. The molecule has 1 unspecified atom stereocenters. The van der Waals surface area contributed by atoms with Gasteiger partial charge in [-0.25, -0.2) is 4.79 Å². The molecule has 5 aliphatic carbocycles. The molecule has 5 saturated carbocycles. The average molecular weight is 663 g/mol. The zero-order chi connectivity index (χ0) is 34.9. The molecule has 0 heterocycles. The summed E-state index contributed by atoms with van der Waals surface area (Å²) in [5, 5.41) is 11.1. The van der Waals surface area contributed by atoms with E-state index in [0.29, 0.717) is 53.4 Å². The minimum Gasteiger partial charge on any atom is -0.493 e. The Balaban J connectivity index is 1.24. The maximum atomic E-state index is 13.3. The van der Waals surface area contributed by atoms with Gasteiger partial charge in [0, 0.05) is 11.5 Å². The second-order valence-electron chi connectivity index (χ2n) is 17.8. The number of allylic oxidation sites excluding steroid dienone is 1. The van der Waals surface area contributed by atoms with Gasteiger partial charge in [-0.05, 0) is 146 Å². The predicted octanol–water partition coefficient (Wildman–Crippen LogP) is 9.29. The molecule has 10 atom stereocenters. The lowest BCUT2D eigenvalue weighted by Crippen LogP contribution is -2.66. The minimum absolute atomic E-state index is 0.00884. The highest BCUT2D eigenvalue weighted by atomic mass is 16.5. The molecule has 1 aromatic rings. The number of methoxy groups -OCH3 is 3. The molecule has 1 N–H and O–H groups in total. The van der Waals surface area contributed by atoms with Crippen LogP contribution in [0.1, 0.15) is 111 Å². The van der Waals surface area contributed by atoms with Crippen LogP contribution in [0, 0.1) is 56.7 Å². The third kappa shape index (κ3) is 5.16. The van der Waals surface area contributed by atoms with E-state index >= 15 is 0 Å². The molecular formula is C42H62O6. The lowest BCUT2D eigenvalue weighted by atomic mass is 9.32. The first-order valence-corrected chi connectivity index (χ1v) is 18.6. The number of carbonyl (C=O) groups is 1. The summed E-state index contributed by atoms with van der Waals surface area (Å²) in [5.41, 5.74) is 2.78. The van der Waals surface area contributed by atoms with E-state index in [2.05, 4.69) is 48.1 Å². The van der Waals surface area contributed by atoms with Crippen LogP contribution in [0.15, 0.2) is 30.4 Å². The number of esters is 1. The van der Waals surface area contributed by atoms with Crippen LogP contribution < -0.4 is 14.2 Å². The molecule has 0 saturated heterocycles. The topological polar surface area (TPSA) is 74.2 Å². The molecule has 6 heteroatoms. The first-order valence-electron chi connectivity index (χ1n) is 18.6. The Hall–Kier alpha value is -2.47. The molecule has 0 amide bonds. The summed E-state index contributed by atoms with van der Waals surface area (Å²) in [6.45, 7) is 19.8. The Bertz CT molecular complexity index is 1420. The minimum atomic E-state index is -0.312. The van der Waals surface area contributed by atoms with Crippen LogP contribution in [-0.4, -0.2) is 45.1 Å². The van der Waals surface area contributed by atoms with Crippen molar-refractivity contribution in [1.29, 1.82) is 0 Å². The number of aliphatic hydroxyl groups excluding tert-OH is 1. The van der Waals surface area contributed by atoms with Gasteiger partial charge in [-0.15, -0.1) is 0 Å². The maximum Gasteiger partial charge on any atom is 0.330 e. The van der Waals surface area contributed by atoms with Crippen LogP contribution in [-0.2, 0) is 9.53 Å².